The van der Waals surface area contributed by atoms with Gasteiger partial charge in [0.25, 0.3) is 0 Å². The van der Waals surface area contributed by atoms with E-state index in [-0.39, 0.29) is 10.8 Å². The van der Waals surface area contributed by atoms with Gasteiger partial charge < -0.3 is 4.98 Å². The zero-order valence-corrected chi connectivity index (χ0v) is 15.4. The van der Waals surface area contributed by atoms with Gasteiger partial charge in [-0.05, 0) is 48.6 Å². The Hall–Kier alpha value is -0.420. The maximum absolute atomic E-state index is 12.0. The predicted octanol–water partition coefficient (Wildman–Crippen LogP) is 5.40. The molecule has 6 heteroatoms. The number of hydrogen-bond donors (Lipinski definition) is 1. The number of fused-ring (bicyclic) bond motifs is 6. The molecule has 1 aromatic heterocycles. The van der Waals surface area contributed by atoms with Crippen molar-refractivity contribution in [3.63, 3.8) is 0 Å². The van der Waals surface area contributed by atoms with Crippen molar-refractivity contribution in [2.24, 2.45) is 17.8 Å². The number of halogens is 2. The molecule has 1 aliphatic heterocycles. The van der Waals surface area contributed by atoms with Gasteiger partial charge in [-0.3, -0.25) is 4.79 Å². The number of benzene rings is 1. The highest BCUT2D eigenvalue weighted by Gasteiger charge is 2.55. The lowest BCUT2D eigenvalue weighted by atomic mass is 9.75. The fraction of sp³-hybridized carbons (Fsp3) is 0.471. The van der Waals surface area contributed by atoms with Gasteiger partial charge in [0.05, 0.1) is 15.1 Å². The number of thiazole rings is 1. The van der Waals surface area contributed by atoms with Crippen LogP contribution in [0.5, 0.6) is 0 Å². The molecule has 3 aliphatic rings. The second-order valence-electron chi connectivity index (χ2n) is 6.82. The first-order valence-corrected chi connectivity index (χ1v) is 10.4. The van der Waals surface area contributed by atoms with E-state index >= 15 is 0 Å². The van der Waals surface area contributed by atoms with Gasteiger partial charge >= 0.3 is 4.87 Å². The summed E-state index contributed by atoms with van der Waals surface area (Å²) in [5, 5.41) is 2.92. The van der Waals surface area contributed by atoms with Crippen LogP contribution in [0.1, 0.15) is 35.6 Å². The first kappa shape index (κ1) is 14.9. The van der Waals surface area contributed by atoms with E-state index in [2.05, 4.69) is 11.1 Å². The summed E-state index contributed by atoms with van der Waals surface area (Å²) in [5.74, 6) is 2.32. The minimum absolute atomic E-state index is 0.0398. The third kappa shape index (κ3) is 2.11. The van der Waals surface area contributed by atoms with Crippen molar-refractivity contribution in [2.75, 3.05) is 0 Å². The fourth-order valence-corrected chi connectivity index (χ4v) is 8.27. The second kappa shape index (κ2) is 5.29. The van der Waals surface area contributed by atoms with Crippen molar-refractivity contribution in [3.05, 3.63) is 48.4 Å². The van der Waals surface area contributed by atoms with Crippen molar-refractivity contribution in [1.29, 1.82) is 0 Å². The largest absolute Gasteiger partial charge is 0.307 e. The van der Waals surface area contributed by atoms with Gasteiger partial charge in [-0.2, -0.15) is 0 Å². The number of aromatic amines is 1. The van der Waals surface area contributed by atoms with Gasteiger partial charge in [0.2, 0.25) is 0 Å². The number of H-pyrrole nitrogens is 1. The molecule has 23 heavy (non-hydrogen) atoms. The van der Waals surface area contributed by atoms with Gasteiger partial charge in [-0.15, -0.1) is 11.8 Å². The lowest BCUT2D eigenvalue weighted by Crippen LogP contribution is -2.33. The molecule has 0 amide bonds. The van der Waals surface area contributed by atoms with Crippen molar-refractivity contribution >= 4 is 46.3 Å². The summed E-state index contributed by atoms with van der Waals surface area (Å²) in [7, 11) is 0. The summed E-state index contributed by atoms with van der Waals surface area (Å²) >= 11 is 16.1. The van der Waals surface area contributed by atoms with Gasteiger partial charge in [-0.1, -0.05) is 46.7 Å². The van der Waals surface area contributed by atoms with Crippen LogP contribution >= 0.6 is 46.3 Å². The van der Waals surface area contributed by atoms with Crippen LogP contribution in [0.4, 0.5) is 0 Å². The predicted molar refractivity (Wildman–Crippen MR) is 97.2 cm³/mol. The highest BCUT2D eigenvalue weighted by Crippen LogP contribution is 2.64. The third-order valence-corrected chi connectivity index (χ3v) is 9.24. The summed E-state index contributed by atoms with van der Waals surface area (Å²) in [4.78, 5) is 16.2. The number of hydrogen-bond acceptors (Lipinski definition) is 3. The number of thioether (sulfide) groups is 1. The smallest absolute Gasteiger partial charge is 0.305 e. The molecule has 2 fully saturated rings. The average Bonchev–Trinajstić information content (AvgIpc) is 3.21. The molecule has 2 nitrogen and oxygen atoms in total. The maximum atomic E-state index is 12.0. The van der Waals surface area contributed by atoms with Crippen molar-refractivity contribution in [3.8, 4) is 0 Å². The molecule has 2 aliphatic carbocycles. The Bertz CT molecular complexity index is 845. The normalized spacial score (nSPS) is 34.4. The third-order valence-electron chi connectivity index (χ3n) is 5.78. The zero-order valence-electron chi connectivity index (χ0n) is 12.2. The average molecular weight is 384 g/mol. The monoisotopic (exact) mass is 383 g/mol. The van der Waals surface area contributed by atoms with Crippen LogP contribution in [-0.4, -0.2) is 10.2 Å². The molecule has 0 radical (unpaired) electrons. The summed E-state index contributed by atoms with van der Waals surface area (Å²) in [6.45, 7) is 0. The molecule has 2 bridgehead atoms. The molecule has 0 saturated heterocycles. The molecule has 1 aromatic carbocycles. The van der Waals surface area contributed by atoms with E-state index in [4.69, 9.17) is 23.2 Å². The molecule has 0 spiro atoms. The van der Waals surface area contributed by atoms with Gasteiger partial charge in [0, 0.05) is 16.0 Å². The van der Waals surface area contributed by atoms with Crippen LogP contribution in [0, 0.1) is 17.8 Å². The topological polar surface area (TPSA) is 32.9 Å². The van der Waals surface area contributed by atoms with Crippen LogP contribution < -0.4 is 4.87 Å². The molecule has 2 saturated carbocycles. The molecular formula is C17H15Cl2NOS2. The maximum Gasteiger partial charge on any atom is 0.305 e. The van der Waals surface area contributed by atoms with Crippen LogP contribution in [-0.2, 0) is 0 Å². The van der Waals surface area contributed by atoms with E-state index in [1.54, 1.807) is 0 Å². The van der Waals surface area contributed by atoms with Crippen molar-refractivity contribution in [1.82, 2.24) is 4.98 Å². The summed E-state index contributed by atoms with van der Waals surface area (Å²) in [6.07, 6.45) is 3.98. The lowest BCUT2D eigenvalue weighted by Gasteiger charge is -2.40. The van der Waals surface area contributed by atoms with Gasteiger partial charge in [0.15, 0.2) is 0 Å². The first-order valence-electron chi connectivity index (χ1n) is 7.97. The Morgan fingerprint density at radius 3 is 2.87 bits per heavy atom. The minimum Gasteiger partial charge on any atom is -0.307 e. The lowest BCUT2D eigenvalue weighted by molar-refractivity contribution is 0.307. The molecule has 1 N–H and O–H groups in total. The standard InChI is InChI=1S/C17H15Cl2NOS2/c18-10-3-1-2-9(13(10)19)12-11-7-4-5-8(6-7)14(11)22-16-15(12)23-17(21)20-16/h1-3,7-8,11-12,14H,4-6H2,(H,20,21)/t7?,8?,11?,12-,14?/m1/s1. The van der Waals surface area contributed by atoms with Crippen molar-refractivity contribution < 1.29 is 0 Å². The quantitative estimate of drug-likeness (QED) is 0.715. The fourth-order valence-electron chi connectivity index (χ4n) is 4.96. The number of nitrogens with one attached hydrogen (secondary N) is 1. The Labute approximate surface area is 152 Å². The first-order chi connectivity index (χ1) is 11.1. The molecule has 5 rings (SSSR count). The second-order valence-corrected chi connectivity index (χ2v) is 9.81. The number of aromatic nitrogens is 1. The van der Waals surface area contributed by atoms with E-state index in [9.17, 15) is 4.79 Å². The van der Waals surface area contributed by atoms with E-state index in [1.165, 1.54) is 30.6 Å². The number of rotatable bonds is 1. The summed E-state index contributed by atoms with van der Waals surface area (Å²) in [5.41, 5.74) is 1.10. The van der Waals surface area contributed by atoms with E-state index in [1.807, 2.05) is 23.9 Å². The van der Waals surface area contributed by atoms with E-state index in [0.29, 0.717) is 21.2 Å². The Morgan fingerprint density at radius 2 is 2.00 bits per heavy atom. The molecular weight excluding hydrogens is 369 g/mol. The van der Waals surface area contributed by atoms with Crippen LogP contribution in [0.25, 0.3) is 0 Å². The van der Waals surface area contributed by atoms with Gasteiger partial charge in [-0.25, -0.2) is 0 Å². The molecule has 120 valence electrons. The Balaban J connectivity index is 1.73. The van der Waals surface area contributed by atoms with Crippen molar-refractivity contribution in [2.45, 2.75) is 35.5 Å². The molecule has 5 atom stereocenters. The Morgan fingerprint density at radius 1 is 1.17 bits per heavy atom. The van der Waals surface area contributed by atoms with Gasteiger partial charge in [0.1, 0.15) is 0 Å². The highest BCUT2D eigenvalue weighted by atomic mass is 35.5. The summed E-state index contributed by atoms with van der Waals surface area (Å²) < 4.78 is 0. The summed E-state index contributed by atoms with van der Waals surface area (Å²) in [6, 6.07) is 5.90. The SMILES string of the molecule is O=c1[nH]c2c(s1)[C@H](c1cccc(Cl)c1Cl)C1C3CCC(C3)C1S2. The molecule has 2 aromatic rings. The highest BCUT2D eigenvalue weighted by molar-refractivity contribution is 8.00. The van der Waals surface area contributed by atoms with E-state index < -0.39 is 0 Å². The Kier molecular flexibility index (Phi) is 3.42. The van der Waals surface area contributed by atoms with Crippen LogP contribution in [0.15, 0.2) is 28.0 Å². The minimum atomic E-state index is 0.0398. The van der Waals surface area contributed by atoms with Crippen LogP contribution in [0.3, 0.4) is 0 Å². The molecule has 2 heterocycles. The molecule has 4 unspecified atom stereocenters. The zero-order chi connectivity index (χ0) is 15.7. The van der Waals surface area contributed by atoms with E-state index in [0.717, 1.165) is 27.3 Å². The van der Waals surface area contributed by atoms with Crippen LogP contribution in [0.2, 0.25) is 10.0 Å².